The van der Waals surface area contributed by atoms with Crippen molar-refractivity contribution in [3.63, 3.8) is 0 Å². The number of nitrogens with one attached hydrogen (secondary N) is 1. The Hall–Kier alpha value is -3.92. The average molecular weight is 483 g/mol. The van der Waals surface area contributed by atoms with E-state index in [2.05, 4.69) is 10.4 Å². The van der Waals surface area contributed by atoms with Crippen molar-refractivity contribution < 1.29 is 28.6 Å². The second kappa shape index (κ2) is 9.75. The van der Waals surface area contributed by atoms with Gasteiger partial charge in [-0.25, -0.2) is 9.18 Å². The molecule has 1 aliphatic heterocycles. The number of ether oxygens (including phenoxy) is 2. The molecule has 1 aliphatic rings. The molecule has 1 atom stereocenters. The van der Waals surface area contributed by atoms with Crippen LogP contribution >= 0.6 is 0 Å². The zero-order valence-corrected chi connectivity index (χ0v) is 19.7. The summed E-state index contributed by atoms with van der Waals surface area (Å²) in [5.74, 6) is 0.230. The van der Waals surface area contributed by atoms with E-state index in [9.17, 15) is 19.1 Å². The fraction of sp³-hybridized carbons (Fsp3) is 0.320. The molecular formula is C25H27FN4O5. The molecule has 10 heteroatoms. The van der Waals surface area contributed by atoms with Crippen LogP contribution in [0.2, 0.25) is 0 Å². The highest BCUT2D eigenvalue weighted by molar-refractivity contribution is 6.00. The van der Waals surface area contributed by atoms with Crippen LogP contribution in [0.15, 0.2) is 54.9 Å². The van der Waals surface area contributed by atoms with Crippen LogP contribution in [-0.4, -0.2) is 58.7 Å². The number of likely N-dealkylation sites (N-methyl/N-ethyl adjacent to an activating group) is 1. The van der Waals surface area contributed by atoms with Gasteiger partial charge in [-0.15, -0.1) is 0 Å². The van der Waals surface area contributed by atoms with E-state index in [4.69, 9.17) is 9.47 Å². The smallest absolute Gasteiger partial charge is 0.342 e. The average Bonchev–Trinajstić information content (AvgIpc) is 3.23. The van der Waals surface area contributed by atoms with E-state index in [1.54, 1.807) is 51.2 Å². The van der Waals surface area contributed by atoms with E-state index >= 15 is 0 Å². The number of halogens is 1. The molecule has 2 aromatic carbocycles. The summed E-state index contributed by atoms with van der Waals surface area (Å²) < 4.78 is 25.9. The number of rotatable bonds is 6. The topological polar surface area (TPSA) is 106 Å². The summed E-state index contributed by atoms with van der Waals surface area (Å²) in [5, 5.41) is 16.6. The molecule has 0 saturated heterocycles. The molecule has 35 heavy (non-hydrogen) atoms. The first-order valence-electron chi connectivity index (χ1n) is 11.1. The predicted octanol–water partition coefficient (Wildman–Crippen LogP) is 2.74. The molecule has 9 nitrogen and oxygen atoms in total. The number of amides is 2. The number of fused-ring (bicyclic) bond motifs is 1. The number of hydrogen-bond acceptors (Lipinski definition) is 6. The Morgan fingerprint density at radius 1 is 1.29 bits per heavy atom. The van der Waals surface area contributed by atoms with Crippen molar-refractivity contribution >= 4 is 17.6 Å². The number of anilines is 1. The lowest BCUT2D eigenvalue weighted by Gasteiger charge is -2.21. The monoisotopic (exact) mass is 482 g/mol. The minimum Gasteiger partial charge on any atom is -0.491 e. The zero-order chi connectivity index (χ0) is 25.2. The highest BCUT2D eigenvalue weighted by Crippen LogP contribution is 2.34. The Kier molecular flexibility index (Phi) is 6.74. The zero-order valence-electron chi connectivity index (χ0n) is 19.7. The summed E-state index contributed by atoms with van der Waals surface area (Å²) in [4.78, 5) is 27.2. The van der Waals surface area contributed by atoms with Gasteiger partial charge in [0.25, 0.3) is 5.91 Å². The maximum absolute atomic E-state index is 13.4. The Morgan fingerprint density at radius 3 is 2.83 bits per heavy atom. The van der Waals surface area contributed by atoms with Gasteiger partial charge in [0.2, 0.25) is 0 Å². The quantitative estimate of drug-likeness (QED) is 0.560. The highest BCUT2D eigenvalue weighted by Gasteiger charge is 2.31. The fourth-order valence-corrected chi connectivity index (χ4v) is 3.59. The molecular weight excluding hydrogens is 455 g/mol. The molecule has 0 aliphatic carbocycles. The lowest BCUT2D eigenvalue weighted by atomic mass is 10.1. The molecule has 0 radical (unpaired) electrons. The first-order chi connectivity index (χ1) is 16.6. The van der Waals surface area contributed by atoms with Gasteiger partial charge in [0.15, 0.2) is 0 Å². The van der Waals surface area contributed by atoms with Crippen molar-refractivity contribution in [3.05, 3.63) is 71.8 Å². The summed E-state index contributed by atoms with van der Waals surface area (Å²) in [5.41, 5.74) is 0.945. The number of aliphatic hydroxyl groups is 1. The van der Waals surface area contributed by atoms with Crippen molar-refractivity contribution in [1.29, 1.82) is 0 Å². The van der Waals surface area contributed by atoms with Crippen molar-refractivity contribution in [2.24, 2.45) is 0 Å². The molecule has 0 unspecified atom stereocenters. The van der Waals surface area contributed by atoms with Gasteiger partial charge in [0.05, 0.1) is 17.5 Å². The van der Waals surface area contributed by atoms with Gasteiger partial charge >= 0.3 is 6.03 Å². The number of benzene rings is 2. The van der Waals surface area contributed by atoms with E-state index in [0.29, 0.717) is 23.6 Å². The second-order valence-electron chi connectivity index (χ2n) is 9.04. The molecule has 3 aromatic rings. The summed E-state index contributed by atoms with van der Waals surface area (Å²) in [6, 6.07) is 9.67. The van der Waals surface area contributed by atoms with E-state index in [0.717, 1.165) is 15.8 Å². The Morgan fingerprint density at radius 2 is 2.09 bits per heavy atom. The number of carbonyl (C=O) groups is 2. The Balaban J connectivity index is 1.42. The number of aromatic nitrogens is 2. The van der Waals surface area contributed by atoms with Crippen LogP contribution in [0.25, 0.3) is 0 Å². The van der Waals surface area contributed by atoms with E-state index in [-0.39, 0.29) is 24.9 Å². The minimum absolute atomic E-state index is 0.0663. The second-order valence-corrected chi connectivity index (χ2v) is 9.04. The SMILES string of the molecule is CN1C(=O)[C@@H](NC(=O)n2cc(Cc3cccc(F)c3)cn2)COc2ccc(OCC(C)(C)O)cc21. The molecule has 0 bridgehead atoms. The van der Waals surface area contributed by atoms with E-state index in [1.807, 2.05) is 0 Å². The van der Waals surface area contributed by atoms with Gasteiger partial charge in [-0.3, -0.25) is 4.79 Å². The predicted molar refractivity (Wildman–Crippen MR) is 126 cm³/mol. The van der Waals surface area contributed by atoms with Gasteiger partial charge in [0.1, 0.15) is 36.6 Å². The van der Waals surface area contributed by atoms with Crippen LogP contribution in [0.4, 0.5) is 14.9 Å². The fourth-order valence-electron chi connectivity index (χ4n) is 3.59. The van der Waals surface area contributed by atoms with Crippen LogP contribution in [-0.2, 0) is 11.2 Å². The highest BCUT2D eigenvalue weighted by atomic mass is 19.1. The molecule has 0 fully saturated rings. The van der Waals surface area contributed by atoms with Crippen molar-refractivity contribution in [1.82, 2.24) is 15.1 Å². The molecule has 4 rings (SSSR count). The van der Waals surface area contributed by atoms with Gasteiger partial charge in [-0.2, -0.15) is 9.78 Å². The third-order valence-corrected chi connectivity index (χ3v) is 5.36. The summed E-state index contributed by atoms with van der Waals surface area (Å²) >= 11 is 0. The van der Waals surface area contributed by atoms with Gasteiger partial charge in [0, 0.05) is 25.7 Å². The molecule has 1 aromatic heterocycles. The number of nitrogens with zero attached hydrogens (tertiary/aromatic N) is 3. The number of carbonyl (C=O) groups excluding carboxylic acids is 2. The van der Waals surface area contributed by atoms with Crippen LogP contribution in [0, 0.1) is 5.82 Å². The maximum Gasteiger partial charge on any atom is 0.342 e. The summed E-state index contributed by atoms with van der Waals surface area (Å²) in [6.07, 6.45) is 3.46. The largest absolute Gasteiger partial charge is 0.491 e. The molecule has 2 amide bonds. The lowest BCUT2D eigenvalue weighted by Crippen LogP contribution is -2.50. The van der Waals surface area contributed by atoms with Gasteiger partial charge < -0.3 is 24.8 Å². The lowest BCUT2D eigenvalue weighted by molar-refractivity contribution is -0.120. The normalized spacial score (nSPS) is 15.7. The molecule has 2 heterocycles. The molecule has 184 valence electrons. The van der Waals surface area contributed by atoms with Crippen molar-refractivity contribution in [2.45, 2.75) is 31.9 Å². The van der Waals surface area contributed by atoms with Gasteiger partial charge in [-0.05, 0) is 49.2 Å². The molecule has 2 N–H and O–H groups in total. The van der Waals surface area contributed by atoms with E-state index < -0.39 is 17.7 Å². The first kappa shape index (κ1) is 24.2. The van der Waals surface area contributed by atoms with E-state index in [1.165, 1.54) is 29.4 Å². The minimum atomic E-state index is -1.01. The summed E-state index contributed by atoms with van der Waals surface area (Å²) in [6.45, 7) is 3.27. The van der Waals surface area contributed by atoms with Crippen LogP contribution in [0.1, 0.15) is 25.0 Å². The van der Waals surface area contributed by atoms with Gasteiger partial charge in [-0.1, -0.05) is 12.1 Å². The molecule has 0 saturated carbocycles. The molecule has 0 spiro atoms. The third-order valence-electron chi connectivity index (χ3n) is 5.36. The Labute approximate surface area is 202 Å². The van der Waals surface area contributed by atoms with Crippen molar-refractivity contribution in [2.75, 3.05) is 25.2 Å². The number of hydrogen-bond donors (Lipinski definition) is 2. The first-order valence-corrected chi connectivity index (χ1v) is 11.1. The standard InChI is InChI=1S/C25H27FN4O5/c1-25(2,33)15-35-19-7-8-22-21(11-19)29(3)23(31)20(14-34-22)28-24(32)30-13-17(12-27-30)9-16-5-4-6-18(26)10-16/h4-8,10-13,20,33H,9,14-15H2,1-3H3,(H,28,32)/t20-/m0/s1. The van der Waals surface area contributed by atoms with Crippen LogP contribution < -0.4 is 19.7 Å². The summed E-state index contributed by atoms with van der Waals surface area (Å²) in [7, 11) is 1.58. The third kappa shape index (κ3) is 5.96. The van der Waals surface area contributed by atoms with Crippen LogP contribution in [0.3, 0.4) is 0 Å². The van der Waals surface area contributed by atoms with Crippen LogP contribution in [0.5, 0.6) is 11.5 Å². The van der Waals surface area contributed by atoms with Crippen molar-refractivity contribution in [3.8, 4) is 11.5 Å². The maximum atomic E-state index is 13.4. The Bertz CT molecular complexity index is 1240.